The Bertz CT molecular complexity index is 1540. The highest BCUT2D eigenvalue weighted by Gasteiger charge is 2.53. The molecule has 0 radical (unpaired) electrons. The third kappa shape index (κ3) is 3.79. The zero-order valence-electron chi connectivity index (χ0n) is 19.3. The fourth-order valence-corrected chi connectivity index (χ4v) is 5.85. The molecule has 35 heavy (non-hydrogen) atoms. The monoisotopic (exact) mass is 493 g/mol. The number of fused-ring (bicyclic) bond motifs is 6. The number of ether oxygens (including phenoxy) is 3. The van der Waals surface area contributed by atoms with Crippen molar-refractivity contribution in [3.05, 3.63) is 73.3 Å². The van der Waals surface area contributed by atoms with Gasteiger partial charge in [-0.3, -0.25) is 19.0 Å². The molecular formula is C25H23N3O6S. The third-order valence-corrected chi connectivity index (χ3v) is 7.16. The van der Waals surface area contributed by atoms with Crippen molar-refractivity contribution in [2.45, 2.75) is 25.6 Å². The molecule has 3 aromatic rings. The summed E-state index contributed by atoms with van der Waals surface area (Å²) in [5, 5.41) is 0. The molecule has 2 bridgehead atoms. The summed E-state index contributed by atoms with van der Waals surface area (Å²) in [5.74, 6) is 0.0152. The molecule has 0 spiro atoms. The van der Waals surface area contributed by atoms with Gasteiger partial charge in [0.25, 0.3) is 11.5 Å². The van der Waals surface area contributed by atoms with Crippen LogP contribution in [0.15, 0.2) is 52.3 Å². The Morgan fingerprint density at radius 3 is 2.74 bits per heavy atom. The molecule has 3 heterocycles. The number of methoxy groups -OCH3 is 1. The Balaban J connectivity index is 1.67. The predicted octanol–water partition coefficient (Wildman–Crippen LogP) is 1.15. The van der Waals surface area contributed by atoms with Crippen molar-refractivity contribution in [3.63, 3.8) is 0 Å². The van der Waals surface area contributed by atoms with Crippen LogP contribution in [-0.2, 0) is 9.59 Å². The van der Waals surface area contributed by atoms with Crippen LogP contribution >= 0.6 is 11.3 Å². The summed E-state index contributed by atoms with van der Waals surface area (Å²) < 4.78 is 19.0. The average Bonchev–Trinajstić information content (AvgIpc) is 3.10. The van der Waals surface area contributed by atoms with Gasteiger partial charge in [-0.2, -0.15) is 0 Å². The van der Waals surface area contributed by atoms with E-state index < -0.39 is 23.6 Å². The summed E-state index contributed by atoms with van der Waals surface area (Å²) in [6.07, 6.45) is 1.71. The lowest BCUT2D eigenvalue weighted by molar-refractivity contribution is -0.132. The number of rotatable bonds is 6. The lowest BCUT2D eigenvalue weighted by atomic mass is 9.79. The summed E-state index contributed by atoms with van der Waals surface area (Å²) >= 11 is 1.23. The molecule has 2 aliphatic rings. The lowest BCUT2D eigenvalue weighted by Crippen LogP contribution is -2.58. The molecule has 0 aliphatic carbocycles. The molecule has 1 amide bonds. The largest absolute Gasteiger partial charge is 0.493 e. The molecule has 0 saturated heterocycles. The SMILES string of the molecule is COc1ccc(/C=c2\sc3n(c2=O)C2c4ccccc4OC(C)(N=3)C2C(C)=O)cc1OCC(N)=O. The molecule has 9 nitrogen and oxygen atoms in total. The first-order valence-electron chi connectivity index (χ1n) is 10.9. The minimum Gasteiger partial charge on any atom is -0.493 e. The molecule has 180 valence electrons. The van der Waals surface area contributed by atoms with Gasteiger partial charge in [0.05, 0.1) is 17.7 Å². The Labute approximate surface area is 204 Å². The fraction of sp³-hybridized carbons (Fsp3) is 0.280. The second-order valence-electron chi connectivity index (χ2n) is 8.57. The number of aromatic nitrogens is 1. The van der Waals surface area contributed by atoms with Crippen molar-refractivity contribution in [2.24, 2.45) is 16.6 Å². The Kier molecular flexibility index (Phi) is 5.47. The molecule has 2 aliphatic heterocycles. The molecule has 5 rings (SSSR count). The number of Topliss-reactive ketones (excluding diaryl/α,β-unsaturated/α-hetero) is 1. The second-order valence-corrected chi connectivity index (χ2v) is 9.58. The number of ketones is 1. The number of benzene rings is 2. The molecule has 0 saturated carbocycles. The zero-order valence-corrected chi connectivity index (χ0v) is 20.1. The minimum atomic E-state index is -1.12. The number of hydrogen-bond donors (Lipinski definition) is 1. The van der Waals surface area contributed by atoms with Gasteiger partial charge in [-0.1, -0.05) is 35.6 Å². The topological polar surface area (TPSA) is 122 Å². The van der Waals surface area contributed by atoms with E-state index in [1.54, 1.807) is 35.8 Å². The minimum absolute atomic E-state index is 0.101. The highest BCUT2D eigenvalue weighted by Crippen LogP contribution is 2.47. The van der Waals surface area contributed by atoms with Gasteiger partial charge in [-0.15, -0.1) is 0 Å². The van der Waals surface area contributed by atoms with Gasteiger partial charge >= 0.3 is 0 Å². The van der Waals surface area contributed by atoms with Crippen LogP contribution < -0.4 is 34.8 Å². The highest BCUT2D eigenvalue weighted by molar-refractivity contribution is 7.07. The number of para-hydroxylation sites is 1. The number of thiazole rings is 1. The number of carbonyl (C=O) groups is 2. The standard InChI is InChI=1S/C25H23N3O6S/c1-13(29)21-22-15-6-4-5-7-16(15)34-25(21,2)27-24-28(22)23(31)19(35-24)11-14-8-9-17(32-3)18(10-14)33-12-20(26)30/h4-11,21-22H,12H2,1-3H3,(H2,26,30)/b19-11-. The van der Waals surface area contributed by atoms with Crippen molar-refractivity contribution in [1.29, 1.82) is 0 Å². The second kappa shape index (κ2) is 8.38. The maximum Gasteiger partial charge on any atom is 0.270 e. The Morgan fingerprint density at radius 2 is 2.03 bits per heavy atom. The van der Waals surface area contributed by atoms with Crippen molar-refractivity contribution >= 4 is 29.1 Å². The molecular weight excluding hydrogens is 470 g/mol. The summed E-state index contributed by atoms with van der Waals surface area (Å²) in [4.78, 5) is 42.7. The average molecular weight is 494 g/mol. The lowest BCUT2D eigenvalue weighted by Gasteiger charge is -2.45. The summed E-state index contributed by atoms with van der Waals surface area (Å²) in [7, 11) is 1.49. The van der Waals surface area contributed by atoms with E-state index in [0.717, 1.165) is 5.56 Å². The molecule has 10 heteroatoms. The molecule has 3 atom stereocenters. The van der Waals surface area contributed by atoms with Crippen LogP contribution in [0.25, 0.3) is 6.08 Å². The number of amides is 1. The van der Waals surface area contributed by atoms with E-state index in [2.05, 4.69) is 0 Å². The van der Waals surface area contributed by atoms with Gasteiger partial charge in [-0.25, -0.2) is 4.99 Å². The van der Waals surface area contributed by atoms with E-state index in [9.17, 15) is 14.4 Å². The van der Waals surface area contributed by atoms with E-state index in [-0.39, 0.29) is 17.9 Å². The van der Waals surface area contributed by atoms with Crippen molar-refractivity contribution in [1.82, 2.24) is 4.57 Å². The number of primary amides is 1. The quantitative estimate of drug-likeness (QED) is 0.550. The number of hydrogen-bond acceptors (Lipinski definition) is 8. The first-order valence-corrected chi connectivity index (χ1v) is 11.7. The maximum atomic E-state index is 13.6. The van der Waals surface area contributed by atoms with Crippen LogP contribution in [0.4, 0.5) is 0 Å². The van der Waals surface area contributed by atoms with Gasteiger partial charge in [0.1, 0.15) is 17.5 Å². The first-order chi connectivity index (χ1) is 16.7. The highest BCUT2D eigenvalue weighted by atomic mass is 32.1. The van der Waals surface area contributed by atoms with Gasteiger partial charge in [0, 0.05) is 5.56 Å². The number of nitrogens with two attached hydrogens (primary N) is 1. The normalized spacial score (nSPS) is 22.3. The van der Waals surface area contributed by atoms with Crippen LogP contribution in [0.5, 0.6) is 17.2 Å². The van der Waals surface area contributed by atoms with E-state index in [0.29, 0.717) is 32.1 Å². The van der Waals surface area contributed by atoms with Crippen LogP contribution in [-0.4, -0.2) is 35.7 Å². The zero-order chi connectivity index (χ0) is 24.9. The fourth-order valence-electron chi connectivity index (χ4n) is 4.75. The molecule has 2 aromatic carbocycles. The third-order valence-electron chi connectivity index (χ3n) is 6.17. The van der Waals surface area contributed by atoms with E-state index in [4.69, 9.17) is 24.9 Å². The van der Waals surface area contributed by atoms with E-state index >= 15 is 0 Å². The maximum absolute atomic E-state index is 13.6. The summed E-state index contributed by atoms with van der Waals surface area (Å²) in [6, 6.07) is 12.0. The van der Waals surface area contributed by atoms with Gasteiger partial charge in [-0.05, 0) is 43.7 Å². The van der Waals surface area contributed by atoms with Crippen molar-refractivity contribution < 1.29 is 23.8 Å². The van der Waals surface area contributed by atoms with Crippen LogP contribution in [0.3, 0.4) is 0 Å². The van der Waals surface area contributed by atoms with Crippen molar-refractivity contribution in [2.75, 3.05) is 13.7 Å². The van der Waals surface area contributed by atoms with Crippen molar-refractivity contribution in [3.8, 4) is 17.2 Å². The van der Waals surface area contributed by atoms with E-state index in [1.807, 2.05) is 24.3 Å². The molecule has 2 N–H and O–H groups in total. The van der Waals surface area contributed by atoms with E-state index in [1.165, 1.54) is 25.4 Å². The van der Waals surface area contributed by atoms with Crippen LogP contribution in [0.2, 0.25) is 0 Å². The summed E-state index contributed by atoms with van der Waals surface area (Å²) in [6.45, 7) is 2.98. The molecule has 0 fully saturated rings. The molecule has 3 unspecified atom stereocenters. The van der Waals surface area contributed by atoms with Gasteiger partial charge in [0.15, 0.2) is 22.9 Å². The molecule has 1 aromatic heterocycles. The smallest absolute Gasteiger partial charge is 0.270 e. The van der Waals surface area contributed by atoms with Crippen LogP contribution in [0.1, 0.15) is 31.0 Å². The Morgan fingerprint density at radius 1 is 1.26 bits per heavy atom. The van der Waals surface area contributed by atoms with Gasteiger partial charge < -0.3 is 19.9 Å². The van der Waals surface area contributed by atoms with Crippen LogP contribution in [0, 0.1) is 5.92 Å². The predicted molar refractivity (Wildman–Crippen MR) is 128 cm³/mol. The number of carbonyl (C=O) groups excluding carboxylic acids is 2. The summed E-state index contributed by atoms with van der Waals surface area (Å²) in [5.41, 5.74) is 5.26. The van der Waals surface area contributed by atoms with Gasteiger partial charge in [0.2, 0.25) is 5.72 Å². The first kappa shape index (κ1) is 22.9. The number of nitrogens with zero attached hydrogens (tertiary/aromatic N) is 2. The Hall–Kier alpha value is -3.92.